The Kier molecular flexibility index (Phi) is 4.72. The number of ketones is 1. The number of halogens is 6. The maximum Gasteiger partial charge on any atom is 0.454 e. The van der Waals surface area contributed by atoms with Crippen LogP contribution in [-0.4, -0.2) is 41.7 Å². The van der Waals surface area contributed by atoms with Crippen LogP contribution in [0.3, 0.4) is 0 Å². The Labute approximate surface area is 153 Å². The van der Waals surface area contributed by atoms with Crippen LogP contribution in [0.4, 0.5) is 32.0 Å². The first-order valence-electron chi connectivity index (χ1n) is 7.99. The fourth-order valence-electron chi connectivity index (χ4n) is 3.21. The molecular formula is C17H12F6N2O3. The van der Waals surface area contributed by atoms with Crippen LogP contribution in [-0.2, 0) is 9.53 Å². The number of aromatic nitrogens is 1. The Balaban J connectivity index is 2.29. The second kappa shape index (κ2) is 6.64. The molecule has 5 nitrogen and oxygen atoms in total. The Bertz CT molecular complexity index is 954. The number of hydrogen-bond acceptors (Lipinski definition) is 5. The molecule has 1 aromatic carbocycles. The normalized spacial score (nSPS) is 19.2. The van der Waals surface area contributed by atoms with Gasteiger partial charge in [-0.15, -0.1) is 0 Å². The van der Waals surface area contributed by atoms with E-state index in [9.17, 15) is 35.9 Å². The third-order valence-corrected chi connectivity index (χ3v) is 4.29. The van der Waals surface area contributed by atoms with Gasteiger partial charge < -0.3 is 10.1 Å². The number of nitrogens with zero attached hydrogens (tertiary/aromatic N) is 1. The summed E-state index contributed by atoms with van der Waals surface area (Å²) < 4.78 is 84.6. The Morgan fingerprint density at radius 2 is 1.89 bits per heavy atom. The molecule has 2 aromatic rings. The molecule has 11 heteroatoms. The van der Waals surface area contributed by atoms with Crippen LogP contribution in [0.2, 0.25) is 0 Å². The summed E-state index contributed by atoms with van der Waals surface area (Å²) >= 11 is 0. The predicted octanol–water partition coefficient (Wildman–Crippen LogP) is 3.98. The number of esters is 1. The smallest absolute Gasteiger partial charge is 0.454 e. The number of carbonyl (C=O) groups is 2. The molecule has 1 N–H and O–H groups in total. The van der Waals surface area contributed by atoms with Crippen LogP contribution in [0.1, 0.15) is 28.8 Å². The minimum Gasteiger partial charge on any atom is -0.464 e. The van der Waals surface area contributed by atoms with E-state index in [4.69, 9.17) is 0 Å². The van der Waals surface area contributed by atoms with Crippen LogP contribution in [0.15, 0.2) is 24.4 Å². The van der Waals surface area contributed by atoms with Crippen LogP contribution < -0.4 is 5.32 Å². The quantitative estimate of drug-likeness (QED) is 0.475. The van der Waals surface area contributed by atoms with Crippen molar-refractivity contribution in [2.45, 2.75) is 31.2 Å². The average molecular weight is 406 g/mol. The topological polar surface area (TPSA) is 68.3 Å². The molecule has 28 heavy (non-hydrogen) atoms. The van der Waals surface area contributed by atoms with Crippen LogP contribution in [0.25, 0.3) is 10.9 Å². The highest BCUT2D eigenvalue weighted by molar-refractivity contribution is 6.13. The zero-order valence-electron chi connectivity index (χ0n) is 14.1. The first-order valence-corrected chi connectivity index (χ1v) is 7.99. The predicted molar refractivity (Wildman–Crippen MR) is 85.0 cm³/mol. The van der Waals surface area contributed by atoms with Crippen molar-refractivity contribution >= 4 is 28.3 Å². The largest absolute Gasteiger partial charge is 0.464 e. The third kappa shape index (κ3) is 3.25. The number of pyridine rings is 1. The number of carbonyl (C=O) groups excluding carboxylic acids is 2. The van der Waals surface area contributed by atoms with E-state index in [0.29, 0.717) is 6.07 Å². The summed E-state index contributed by atoms with van der Waals surface area (Å²) in [7, 11) is 0. The highest BCUT2D eigenvalue weighted by Gasteiger charge is 2.55. The first kappa shape index (κ1) is 19.9. The molecule has 0 saturated heterocycles. The summed E-state index contributed by atoms with van der Waals surface area (Å²) in [4.78, 5) is 27.7. The molecule has 2 heterocycles. The van der Waals surface area contributed by atoms with Gasteiger partial charge in [-0.3, -0.25) is 9.78 Å². The van der Waals surface area contributed by atoms with E-state index in [0.717, 1.165) is 12.3 Å². The monoisotopic (exact) mass is 406 g/mol. The van der Waals surface area contributed by atoms with E-state index < -0.39 is 47.2 Å². The number of Topliss-reactive ketones (excluding diaryl/α,β-unsaturated/α-hetero) is 1. The second-order valence-corrected chi connectivity index (χ2v) is 6.01. The number of hydrogen-bond donors (Lipinski definition) is 1. The molecule has 0 saturated carbocycles. The van der Waals surface area contributed by atoms with Gasteiger partial charge in [-0.1, -0.05) is 6.07 Å². The number of fused-ring (bicyclic) bond motifs is 3. The molecule has 0 amide bonds. The summed E-state index contributed by atoms with van der Waals surface area (Å²) in [6, 6.07) is 1.01. The van der Waals surface area contributed by atoms with Gasteiger partial charge in [0.2, 0.25) is 0 Å². The molecule has 3 rings (SSSR count). The average Bonchev–Trinajstić information content (AvgIpc) is 3.00. The number of ether oxygens (including phenoxy) is 1. The summed E-state index contributed by atoms with van der Waals surface area (Å²) in [6.07, 6.45) is -9.12. The highest BCUT2D eigenvalue weighted by Crippen LogP contribution is 2.49. The molecular weight excluding hydrogens is 394 g/mol. The molecule has 150 valence electrons. The second-order valence-electron chi connectivity index (χ2n) is 6.01. The van der Waals surface area contributed by atoms with Crippen molar-refractivity contribution in [3.8, 4) is 0 Å². The molecule has 1 aliphatic heterocycles. The van der Waals surface area contributed by atoms with Gasteiger partial charge in [0, 0.05) is 17.1 Å². The molecule has 1 aliphatic rings. The molecule has 0 fully saturated rings. The maximum atomic E-state index is 13.7. The lowest BCUT2D eigenvalue weighted by Gasteiger charge is -2.21. The van der Waals surface area contributed by atoms with Crippen molar-refractivity contribution in [2.75, 3.05) is 11.9 Å². The lowest BCUT2D eigenvalue weighted by Crippen LogP contribution is -2.39. The van der Waals surface area contributed by atoms with Crippen molar-refractivity contribution in [1.82, 2.24) is 4.98 Å². The SMILES string of the molecule is CCOC(=O)C1Nc2c(cc(C(=O)C(F)(F)F)c3cccnc23)C1C(F)(F)F. The number of rotatable bonds is 3. The van der Waals surface area contributed by atoms with Crippen molar-refractivity contribution in [3.63, 3.8) is 0 Å². The minimum absolute atomic E-state index is 0.186. The van der Waals surface area contributed by atoms with Gasteiger partial charge in [0.1, 0.15) is 12.0 Å². The molecule has 0 radical (unpaired) electrons. The van der Waals surface area contributed by atoms with Gasteiger partial charge in [0.05, 0.1) is 17.8 Å². The Morgan fingerprint density at radius 3 is 2.46 bits per heavy atom. The molecule has 0 spiro atoms. The van der Waals surface area contributed by atoms with Gasteiger partial charge >= 0.3 is 18.3 Å². The van der Waals surface area contributed by atoms with E-state index in [2.05, 4.69) is 15.0 Å². The summed E-state index contributed by atoms with van der Waals surface area (Å²) in [6.45, 7) is 1.22. The number of alkyl halides is 6. The van der Waals surface area contributed by atoms with E-state index in [1.54, 1.807) is 0 Å². The maximum absolute atomic E-state index is 13.7. The van der Waals surface area contributed by atoms with Crippen LogP contribution in [0, 0.1) is 0 Å². The number of anilines is 1. The van der Waals surface area contributed by atoms with Gasteiger partial charge in [-0.25, -0.2) is 4.79 Å². The fourth-order valence-corrected chi connectivity index (χ4v) is 3.21. The zero-order valence-corrected chi connectivity index (χ0v) is 14.1. The summed E-state index contributed by atoms with van der Waals surface area (Å²) in [5.41, 5.74) is -2.15. The molecule has 2 unspecified atom stereocenters. The van der Waals surface area contributed by atoms with Gasteiger partial charge in [-0.2, -0.15) is 26.3 Å². The van der Waals surface area contributed by atoms with E-state index >= 15 is 0 Å². The lowest BCUT2D eigenvalue weighted by atomic mass is 9.90. The van der Waals surface area contributed by atoms with Gasteiger partial charge in [-0.05, 0) is 24.6 Å². The van der Waals surface area contributed by atoms with E-state index in [1.165, 1.54) is 13.0 Å². The van der Waals surface area contributed by atoms with E-state index in [-0.39, 0.29) is 23.2 Å². The zero-order chi connectivity index (χ0) is 20.9. The van der Waals surface area contributed by atoms with Gasteiger partial charge in [0.25, 0.3) is 5.78 Å². The summed E-state index contributed by atoms with van der Waals surface area (Å²) in [5, 5.41) is 2.10. The lowest BCUT2D eigenvalue weighted by molar-refractivity contribution is -0.167. The van der Waals surface area contributed by atoms with Crippen molar-refractivity contribution in [2.24, 2.45) is 0 Å². The summed E-state index contributed by atoms with van der Waals surface area (Å²) in [5.74, 6) is -6.00. The minimum atomic E-state index is -5.29. The van der Waals surface area contributed by atoms with Crippen molar-refractivity contribution in [1.29, 1.82) is 0 Å². The van der Waals surface area contributed by atoms with Crippen LogP contribution >= 0.6 is 0 Å². The van der Waals surface area contributed by atoms with Crippen molar-refractivity contribution in [3.05, 3.63) is 35.5 Å². The van der Waals surface area contributed by atoms with E-state index in [1.807, 2.05) is 0 Å². The molecule has 0 aliphatic carbocycles. The molecule has 1 aromatic heterocycles. The fraction of sp³-hybridized carbons (Fsp3) is 0.353. The Hall–Kier alpha value is -2.85. The molecule has 2 atom stereocenters. The first-order chi connectivity index (χ1) is 13.0. The standard InChI is InChI=1S/C17H12F6N2O3/c1-2-28-15(27)13-10(16(18,19)20)9-6-8(14(26)17(21,22)23)7-4-3-5-24-11(7)12(9)25-13/h3-6,10,13,25H,2H2,1H3. The van der Waals surface area contributed by atoms with Crippen molar-refractivity contribution < 1.29 is 40.7 Å². The molecule has 0 bridgehead atoms. The Morgan fingerprint density at radius 1 is 1.21 bits per heavy atom. The van der Waals surface area contributed by atoms with Crippen LogP contribution in [0.5, 0.6) is 0 Å². The number of nitrogens with one attached hydrogen (secondary N) is 1. The van der Waals surface area contributed by atoms with Gasteiger partial charge in [0.15, 0.2) is 0 Å². The highest BCUT2D eigenvalue weighted by atomic mass is 19.4. The number of benzene rings is 1. The third-order valence-electron chi connectivity index (χ3n) is 4.29.